The second-order valence-electron chi connectivity index (χ2n) is 4.36. The highest BCUT2D eigenvalue weighted by Gasteiger charge is 2.11. The van der Waals surface area contributed by atoms with Crippen LogP contribution < -0.4 is 15.2 Å². The Balaban J connectivity index is 2.19. The highest BCUT2D eigenvalue weighted by Crippen LogP contribution is 2.26. The summed E-state index contributed by atoms with van der Waals surface area (Å²) in [7, 11) is 1.38. The molecule has 0 amide bonds. The molecule has 0 saturated heterocycles. The normalized spacial score (nSPS) is 10.4. The quantitative estimate of drug-likeness (QED) is 0.872. The number of anilines is 1. The van der Waals surface area contributed by atoms with E-state index in [0.717, 1.165) is 0 Å². The van der Waals surface area contributed by atoms with E-state index in [2.05, 4.69) is 0 Å². The molecule has 2 rings (SSSR count). The Bertz CT molecular complexity index is 630. The number of nitrogens with two attached hydrogens (primary N) is 1. The van der Waals surface area contributed by atoms with Crippen LogP contribution in [0.3, 0.4) is 0 Å². The van der Waals surface area contributed by atoms with Crippen LogP contribution in [0.1, 0.15) is 11.1 Å². The lowest BCUT2D eigenvalue weighted by Gasteiger charge is -2.11. The Morgan fingerprint density at radius 3 is 2.60 bits per heavy atom. The van der Waals surface area contributed by atoms with Gasteiger partial charge in [-0.05, 0) is 24.6 Å². The number of aryl methyl sites for hydroxylation is 1. The van der Waals surface area contributed by atoms with Crippen molar-refractivity contribution in [1.29, 1.82) is 0 Å². The summed E-state index contributed by atoms with van der Waals surface area (Å²) in [5, 5.41) is 0. The summed E-state index contributed by atoms with van der Waals surface area (Å²) in [6, 6.07) is 7.38. The van der Waals surface area contributed by atoms with Crippen molar-refractivity contribution >= 4 is 5.69 Å². The molecule has 0 bridgehead atoms. The summed E-state index contributed by atoms with van der Waals surface area (Å²) in [5.74, 6) is -0.919. The lowest BCUT2D eigenvalue weighted by Crippen LogP contribution is -2.02. The van der Waals surface area contributed by atoms with Crippen LogP contribution in [0.4, 0.5) is 14.5 Å². The zero-order valence-electron chi connectivity index (χ0n) is 11.2. The Labute approximate surface area is 115 Å². The Kier molecular flexibility index (Phi) is 4.08. The summed E-state index contributed by atoms with van der Waals surface area (Å²) in [6.07, 6.45) is 0. The van der Waals surface area contributed by atoms with Gasteiger partial charge in [0, 0.05) is 17.3 Å². The molecule has 0 aliphatic heterocycles. The van der Waals surface area contributed by atoms with Crippen molar-refractivity contribution in [3.8, 4) is 11.5 Å². The zero-order valence-corrected chi connectivity index (χ0v) is 11.2. The van der Waals surface area contributed by atoms with Crippen molar-refractivity contribution in [3.63, 3.8) is 0 Å². The van der Waals surface area contributed by atoms with E-state index < -0.39 is 11.6 Å². The molecule has 20 heavy (non-hydrogen) atoms. The fourth-order valence-electron chi connectivity index (χ4n) is 1.76. The molecule has 0 atom stereocenters. The van der Waals surface area contributed by atoms with Crippen molar-refractivity contribution in [1.82, 2.24) is 0 Å². The number of ether oxygens (including phenoxy) is 2. The average Bonchev–Trinajstić information content (AvgIpc) is 2.43. The van der Waals surface area contributed by atoms with Gasteiger partial charge in [-0.15, -0.1) is 0 Å². The minimum atomic E-state index is -0.573. The molecule has 0 radical (unpaired) electrons. The van der Waals surface area contributed by atoms with Gasteiger partial charge >= 0.3 is 0 Å². The maximum absolute atomic E-state index is 13.9. The van der Waals surface area contributed by atoms with E-state index in [4.69, 9.17) is 15.2 Å². The summed E-state index contributed by atoms with van der Waals surface area (Å²) < 4.78 is 37.7. The van der Waals surface area contributed by atoms with Crippen LogP contribution in [-0.2, 0) is 6.61 Å². The second-order valence-corrected chi connectivity index (χ2v) is 4.36. The van der Waals surface area contributed by atoms with Crippen LogP contribution in [0.5, 0.6) is 11.5 Å². The predicted molar refractivity (Wildman–Crippen MR) is 72.8 cm³/mol. The average molecular weight is 279 g/mol. The summed E-state index contributed by atoms with van der Waals surface area (Å²) in [5.41, 5.74) is 6.93. The number of rotatable bonds is 4. The predicted octanol–water partition coefficient (Wildman–Crippen LogP) is 3.44. The third-order valence-electron chi connectivity index (χ3n) is 2.97. The van der Waals surface area contributed by atoms with Gasteiger partial charge in [-0.2, -0.15) is 0 Å². The molecule has 2 aromatic rings. The number of hydrogen-bond donors (Lipinski definition) is 1. The lowest BCUT2D eigenvalue weighted by atomic mass is 10.2. The van der Waals surface area contributed by atoms with Crippen LogP contribution in [0.25, 0.3) is 0 Å². The smallest absolute Gasteiger partial charge is 0.171 e. The van der Waals surface area contributed by atoms with E-state index in [1.165, 1.54) is 25.3 Å². The van der Waals surface area contributed by atoms with Gasteiger partial charge in [0.15, 0.2) is 23.1 Å². The molecule has 0 aliphatic rings. The first-order chi connectivity index (χ1) is 9.52. The molecule has 106 valence electrons. The fourth-order valence-corrected chi connectivity index (χ4v) is 1.76. The Hall–Kier alpha value is -2.30. The second kappa shape index (κ2) is 5.77. The van der Waals surface area contributed by atoms with Gasteiger partial charge in [-0.1, -0.05) is 12.1 Å². The molecule has 0 heterocycles. The van der Waals surface area contributed by atoms with Gasteiger partial charge in [0.05, 0.1) is 7.11 Å². The monoisotopic (exact) mass is 279 g/mol. The number of benzene rings is 2. The molecular weight excluding hydrogens is 264 g/mol. The van der Waals surface area contributed by atoms with E-state index in [1.54, 1.807) is 19.1 Å². The molecular formula is C15H15F2NO2. The number of hydrogen-bond acceptors (Lipinski definition) is 3. The molecule has 0 saturated carbocycles. The van der Waals surface area contributed by atoms with Crippen molar-refractivity contribution in [3.05, 3.63) is 53.1 Å². The largest absolute Gasteiger partial charge is 0.494 e. The minimum absolute atomic E-state index is 0.0407. The van der Waals surface area contributed by atoms with E-state index >= 15 is 0 Å². The summed E-state index contributed by atoms with van der Waals surface area (Å²) >= 11 is 0. The van der Waals surface area contributed by atoms with Crippen LogP contribution in [0.15, 0.2) is 30.3 Å². The van der Waals surface area contributed by atoms with E-state index in [0.29, 0.717) is 16.8 Å². The molecule has 0 spiro atoms. The molecule has 2 aromatic carbocycles. The van der Waals surface area contributed by atoms with Crippen LogP contribution >= 0.6 is 0 Å². The van der Waals surface area contributed by atoms with Gasteiger partial charge in [0.2, 0.25) is 0 Å². The molecule has 3 nitrogen and oxygen atoms in total. The third kappa shape index (κ3) is 2.82. The standard InChI is InChI=1S/C15H15F2NO2/c1-9-6-14(11(16)7-12(9)18)20-8-10-4-3-5-13(19-2)15(10)17/h3-7H,8,18H2,1-2H3. The maximum atomic E-state index is 13.9. The summed E-state index contributed by atoms with van der Waals surface area (Å²) in [6.45, 7) is 1.65. The number of nitrogen functional groups attached to an aromatic ring is 1. The first-order valence-corrected chi connectivity index (χ1v) is 6.02. The maximum Gasteiger partial charge on any atom is 0.171 e. The van der Waals surface area contributed by atoms with E-state index in [9.17, 15) is 8.78 Å². The van der Waals surface area contributed by atoms with Gasteiger partial charge in [-0.3, -0.25) is 0 Å². The highest BCUT2D eigenvalue weighted by molar-refractivity contribution is 5.50. The molecule has 5 heteroatoms. The SMILES string of the molecule is COc1cccc(COc2cc(C)c(N)cc2F)c1F. The third-order valence-corrected chi connectivity index (χ3v) is 2.97. The van der Waals surface area contributed by atoms with Crippen molar-refractivity contribution < 1.29 is 18.3 Å². The summed E-state index contributed by atoms with van der Waals surface area (Å²) in [4.78, 5) is 0. The highest BCUT2D eigenvalue weighted by atomic mass is 19.1. The zero-order chi connectivity index (χ0) is 14.7. The van der Waals surface area contributed by atoms with Gasteiger partial charge in [0.1, 0.15) is 6.61 Å². The van der Waals surface area contributed by atoms with Crippen LogP contribution in [0, 0.1) is 18.6 Å². The van der Waals surface area contributed by atoms with Crippen LogP contribution in [-0.4, -0.2) is 7.11 Å². The first-order valence-electron chi connectivity index (χ1n) is 6.02. The Morgan fingerprint density at radius 1 is 1.15 bits per heavy atom. The molecule has 2 N–H and O–H groups in total. The first kappa shape index (κ1) is 14.1. The van der Waals surface area contributed by atoms with Crippen molar-refractivity contribution in [2.45, 2.75) is 13.5 Å². The van der Waals surface area contributed by atoms with Gasteiger partial charge < -0.3 is 15.2 Å². The van der Waals surface area contributed by atoms with Gasteiger partial charge in [-0.25, -0.2) is 8.78 Å². The van der Waals surface area contributed by atoms with Crippen LogP contribution in [0.2, 0.25) is 0 Å². The number of methoxy groups -OCH3 is 1. The number of halogens is 2. The molecule has 0 fully saturated rings. The molecule has 0 unspecified atom stereocenters. The fraction of sp³-hybridized carbons (Fsp3) is 0.200. The Morgan fingerprint density at radius 2 is 1.90 bits per heavy atom. The molecule has 0 aliphatic carbocycles. The van der Waals surface area contributed by atoms with Gasteiger partial charge in [0.25, 0.3) is 0 Å². The van der Waals surface area contributed by atoms with Crippen molar-refractivity contribution in [2.75, 3.05) is 12.8 Å². The topological polar surface area (TPSA) is 44.5 Å². The molecule has 0 aromatic heterocycles. The van der Waals surface area contributed by atoms with E-state index in [1.807, 2.05) is 0 Å². The van der Waals surface area contributed by atoms with Crippen molar-refractivity contribution in [2.24, 2.45) is 0 Å². The lowest BCUT2D eigenvalue weighted by molar-refractivity contribution is 0.281. The van der Waals surface area contributed by atoms with E-state index in [-0.39, 0.29) is 18.1 Å². The minimum Gasteiger partial charge on any atom is -0.494 e.